The first-order chi connectivity index (χ1) is 12.1. The Morgan fingerprint density at radius 2 is 2.08 bits per heavy atom. The summed E-state index contributed by atoms with van der Waals surface area (Å²) in [6.45, 7) is 1.68. The summed E-state index contributed by atoms with van der Waals surface area (Å²) in [5, 5.41) is 22.6. The molecule has 1 aromatic carbocycles. The summed E-state index contributed by atoms with van der Waals surface area (Å²) in [5.41, 5.74) is 2.19. The van der Waals surface area contributed by atoms with E-state index in [-0.39, 0.29) is 30.5 Å². The normalized spacial score (nSPS) is 27.6. The predicted octanol–water partition coefficient (Wildman–Crippen LogP) is 3.02. The monoisotopic (exact) mass is 343 g/mol. The highest BCUT2D eigenvalue weighted by molar-refractivity contribution is 5.74. The zero-order valence-electron chi connectivity index (χ0n) is 14.0. The smallest absolute Gasteiger partial charge is 0.307 e. The molecule has 1 heterocycles. The van der Waals surface area contributed by atoms with Gasteiger partial charge in [0, 0.05) is 17.0 Å². The Morgan fingerprint density at radius 1 is 1.32 bits per heavy atom. The molecular formula is C19H21NO5. The molecule has 2 saturated carbocycles. The van der Waals surface area contributed by atoms with Crippen molar-refractivity contribution in [3.05, 3.63) is 35.5 Å². The molecule has 4 atom stereocenters. The summed E-state index contributed by atoms with van der Waals surface area (Å²) in [4.78, 5) is 11.3. The quantitative estimate of drug-likeness (QED) is 0.867. The van der Waals surface area contributed by atoms with Crippen LogP contribution in [-0.4, -0.2) is 27.4 Å². The minimum Gasteiger partial charge on any atom is -0.490 e. The van der Waals surface area contributed by atoms with Crippen LogP contribution in [0.4, 0.5) is 0 Å². The van der Waals surface area contributed by atoms with Crippen LogP contribution in [0.25, 0.3) is 11.3 Å². The van der Waals surface area contributed by atoms with Gasteiger partial charge in [0.25, 0.3) is 0 Å². The molecule has 0 amide bonds. The minimum absolute atomic E-state index is 0.0220. The number of carboxylic acid groups (broad SMARTS) is 1. The molecule has 0 spiro atoms. The molecule has 2 N–H and O–H groups in total. The molecule has 0 bridgehead atoms. The number of rotatable bonds is 5. The first-order valence-corrected chi connectivity index (χ1v) is 8.66. The predicted molar refractivity (Wildman–Crippen MR) is 89.0 cm³/mol. The van der Waals surface area contributed by atoms with Crippen LogP contribution in [0.1, 0.15) is 30.5 Å². The van der Waals surface area contributed by atoms with Crippen LogP contribution < -0.4 is 4.74 Å². The Balaban J connectivity index is 1.48. The van der Waals surface area contributed by atoms with Crippen molar-refractivity contribution in [3.8, 4) is 17.1 Å². The van der Waals surface area contributed by atoms with E-state index in [0.717, 1.165) is 30.6 Å². The fourth-order valence-corrected chi connectivity index (χ4v) is 4.17. The number of ether oxygens (including phenoxy) is 1. The summed E-state index contributed by atoms with van der Waals surface area (Å²) in [5.74, 6) is 0.780. The van der Waals surface area contributed by atoms with E-state index in [1.54, 1.807) is 6.92 Å². The van der Waals surface area contributed by atoms with E-state index in [0.29, 0.717) is 17.0 Å². The lowest BCUT2D eigenvalue weighted by molar-refractivity contribution is -0.139. The zero-order chi connectivity index (χ0) is 17.6. The minimum atomic E-state index is -0.696. The Labute approximate surface area is 145 Å². The van der Waals surface area contributed by atoms with Crippen molar-refractivity contribution >= 4 is 5.97 Å². The number of aliphatic carboxylic acids is 1. The van der Waals surface area contributed by atoms with Crippen molar-refractivity contribution in [2.45, 2.75) is 38.9 Å². The Hall–Kier alpha value is -2.34. The van der Waals surface area contributed by atoms with Crippen LogP contribution in [-0.2, 0) is 11.4 Å². The summed E-state index contributed by atoms with van der Waals surface area (Å²) >= 11 is 0. The van der Waals surface area contributed by atoms with Gasteiger partial charge in [-0.1, -0.05) is 5.16 Å². The SMILES string of the molecule is Cc1noc(-c2ccc(OC3CCCC4C(C(=O)O)C34)cc2)c1CO. The molecule has 0 radical (unpaired) electrons. The van der Waals surface area contributed by atoms with Gasteiger partial charge in [-0.15, -0.1) is 0 Å². The second kappa shape index (κ2) is 6.19. The van der Waals surface area contributed by atoms with Crippen LogP contribution in [0.3, 0.4) is 0 Å². The highest BCUT2D eigenvalue weighted by Crippen LogP contribution is 2.56. The molecule has 2 aliphatic rings. The van der Waals surface area contributed by atoms with Crippen LogP contribution >= 0.6 is 0 Å². The maximum absolute atomic E-state index is 11.3. The molecule has 25 heavy (non-hydrogen) atoms. The lowest BCUT2D eigenvalue weighted by atomic mass is 9.98. The van der Waals surface area contributed by atoms with E-state index < -0.39 is 5.97 Å². The molecule has 4 rings (SSSR count). The van der Waals surface area contributed by atoms with Gasteiger partial charge in [0.1, 0.15) is 11.9 Å². The number of hydrogen-bond donors (Lipinski definition) is 2. The first-order valence-electron chi connectivity index (χ1n) is 8.66. The fraction of sp³-hybridized carbons (Fsp3) is 0.474. The van der Waals surface area contributed by atoms with Gasteiger partial charge in [0.15, 0.2) is 5.76 Å². The van der Waals surface area contributed by atoms with Crippen LogP contribution in [0.2, 0.25) is 0 Å². The van der Waals surface area contributed by atoms with Crippen molar-refractivity contribution in [1.29, 1.82) is 0 Å². The number of aliphatic hydroxyl groups is 1. The number of aliphatic hydroxyl groups excluding tert-OH is 1. The van der Waals surface area contributed by atoms with E-state index in [1.807, 2.05) is 24.3 Å². The third-order valence-corrected chi connectivity index (χ3v) is 5.52. The average Bonchev–Trinajstić information content (AvgIpc) is 3.25. The lowest BCUT2D eigenvalue weighted by Crippen LogP contribution is -2.24. The van der Waals surface area contributed by atoms with E-state index in [4.69, 9.17) is 9.26 Å². The standard InChI is InChI=1S/C19H21NO5/c1-10-14(9-21)18(25-20-10)11-5-7-12(8-6-11)24-15-4-2-3-13-16(15)17(13)19(22)23/h5-8,13,15-17,21H,2-4,9H2,1H3,(H,22,23). The molecule has 2 aliphatic carbocycles. The van der Waals surface area contributed by atoms with Crippen LogP contribution in [0.5, 0.6) is 5.75 Å². The van der Waals surface area contributed by atoms with Gasteiger partial charge in [-0.05, 0) is 56.4 Å². The molecule has 0 saturated heterocycles. The second-order valence-corrected chi connectivity index (χ2v) is 6.95. The largest absolute Gasteiger partial charge is 0.490 e. The van der Waals surface area contributed by atoms with Gasteiger partial charge in [-0.3, -0.25) is 4.79 Å². The summed E-state index contributed by atoms with van der Waals surface area (Å²) in [6.07, 6.45) is 2.90. The molecular weight excluding hydrogens is 322 g/mol. The molecule has 6 nitrogen and oxygen atoms in total. The lowest BCUT2D eigenvalue weighted by Gasteiger charge is -2.22. The third-order valence-electron chi connectivity index (χ3n) is 5.52. The molecule has 0 aliphatic heterocycles. The number of aryl methyl sites for hydroxylation is 1. The van der Waals surface area contributed by atoms with Crippen molar-refractivity contribution < 1.29 is 24.3 Å². The number of carboxylic acids is 1. The van der Waals surface area contributed by atoms with Crippen LogP contribution in [0, 0.1) is 24.7 Å². The highest BCUT2D eigenvalue weighted by atomic mass is 16.5. The summed E-state index contributed by atoms with van der Waals surface area (Å²) in [6, 6.07) is 7.46. The van der Waals surface area contributed by atoms with E-state index in [9.17, 15) is 15.0 Å². The third kappa shape index (κ3) is 2.80. The summed E-state index contributed by atoms with van der Waals surface area (Å²) < 4.78 is 11.4. The Morgan fingerprint density at radius 3 is 2.76 bits per heavy atom. The van der Waals surface area contributed by atoms with Crippen molar-refractivity contribution in [3.63, 3.8) is 0 Å². The van der Waals surface area contributed by atoms with Gasteiger partial charge < -0.3 is 19.5 Å². The fourth-order valence-electron chi connectivity index (χ4n) is 4.17. The van der Waals surface area contributed by atoms with E-state index in [2.05, 4.69) is 5.16 Å². The van der Waals surface area contributed by atoms with Gasteiger partial charge in [0.05, 0.1) is 18.2 Å². The number of hydrogen-bond acceptors (Lipinski definition) is 5. The number of aromatic nitrogens is 1. The van der Waals surface area contributed by atoms with E-state index >= 15 is 0 Å². The van der Waals surface area contributed by atoms with Crippen LogP contribution in [0.15, 0.2) is 28.8 Å². The highest BCUT2D eigenvalue weighted by Gasteiger charge is 2.60. The molecule has 132 valence electrons. The van der Waals surface area contributed by atoms with Crippen molar-refractivity contribution in [2.75, 3.05) is 0 Å². The Kier molecular flexibility index (Phi) is 4.00. The van der Waals surface area contributed by atoms with Gasteiger partial charge in [0.2, 0.25) is 0 Å². The molecule has 2 aromatic rings. The van der Waals surface area contributed by atoms with E-state index in [1.165, 1.54) is 0 Å². The van der Waals surface area contributed by atoms with Gasteiger partial charge in [-0.2, -0.15) is 0 Å². The number of fused-ring (bicyclic) bond motifs is 1. The summed E-state index contributed by atoms with van der Waals surface area (Å²) in [7, 11) is 0. The van der Waals surface area contributed by atoms with Gasteiger partial charge in [-0.25, -0.2) is 0 Å². The first kappa shape index (κ1) is 16.1. The maximum atomic E-state index is 11.3. The van der Waals surface area contributed by atoms with Gasteiger partial charge >= 0.3 is 5.97 Å². The molecule has 6 heteroatoms. The van der Waals surface area contributed by atoms with Crippen molar-refractivity contribution in [2.24, 2.45) is 17.8 Å². The number of benzene rings is 1. The number of carbonyl (C=O) groups is 1. The Bertz CT molecular complexity index is 782. The van der Waals surface area contributed by atoms with Crippen molar-refractivity contribution in [1.82, 2.24) is 5.16 Å². The molecule has 1 aromatic heterocycles. The second-order valence-electron chi connectivity index (χ2n) is 6.95. The molecule has 2 fully saturated rings. The average molecular weight is 343 g/mol. The molecule has 4 unspecified atom stereocenters. The number of nitrogens with zero attached hydrogens (tertiary/aromatic N) is 1. The maximum Gasteiger partial charge on any atom is 0.307 e. The topological polar surface area (TPSA) is 92.8 Å². The zero-order valence-corrected chi connectivity index (χ0v) is 14.0.